The second-order valence-electron chi connectivity index (χ2n) is 8.44. The van der Waals surface area contributed by atoms with Crippen LogP contribution in [-0.2, 0) is 16.0 Å². The summed E-state index contributed by atoms with van der Waals surface area (Å²) in [6.45, 7) is 3.61. The van der Waals surface area contributed by atoms with Crippen molar-refractivity contribution in [3.8, 4) is 0 Å². The quantitative estimate of drug-likeness (QED) is 0.771. The SMILES string of the molecule is Cc1cccc(N(CC(=O)NC2CCc3ccccc32)CC(=O)N2CCC(N)C2)c1. The maximum atomic E-state index is 12.9. The summed E-state index contributed by atoms with van der Waals surface area (Å²) in [4.78, 5) is 29.5. The lowest BCUT2D eigenvalue weighted by atomic mass is 10.1. The lowest BCUT2D eigenvalue weighted by molar-refractivity contribution is -0.128. The Morgan fingerprint density at radius 1 is 1.13 bits per heavy atom. The zero-order valence-electron chi connectivity index (χ0n) is 17.5. The van der Waals surface area contributed by atoms with Crippen molar-refractivity contribution in [2.24, 2.45) is 5.73 Å². The van der Waals surface area contributed by atoms with Gasteiger partial charge in [0.1, 0.15) is 0 Å². The molecule has 2 amide bonds. The maximum Gasteiger partial charge on any atom is 0.242 e. The summed E-state index contributed by atoms with van der Waals surface area (Å²) in [5.41, 5.74) is 10.5. The number of nitrogens with one attached hydrogen (secondary N) is 1. The van der Waals surface area contributed by atoms with Crippen LogP contribution in [0.5, 0.6) is 0 Å². The third kappa shape index (κ3) is 4.65. The fourth-order valence-electron chi connectivity index (χ4n) is 4.46. The lowest BCUT2D eigenvalue weighted by Gasteiger charge is -2.27. The molecule has 6 heteroatoms. The Kier molecular flexibility index (Phi) is 6.04. The van der Waals surface area contributed by atoms with Gasteiger partial charge in [-0.1, -0.05) is 36.4 Å². The van der Waals surface area contributed by atoms with Gasteiger partial charge in [-0.25, -0.2) is 0 Å². The highest BCUT2D eigenvalue weighted by Gasteiger charge is 2.27. The Morgan fingerprint density at radius 2 is 1.97 bits per heavy atom. The predicted octanol–water partition coefficient (Wildman–Crippen LogP) is 2.16. The molecule has 2 unspecified atom stereocenters. The highest BCUT2D eigenvalue weighted by molar-refractivity contribution is 5.87. The van der Waals surface area contributed by atoms with Gasteiger partial charge in [0.25, 0.3) is 0 Å². The van der Waals surface area contributed by atoms with E-state index in [0.717, 1.165) is 30.5 Å². The summed E-state index contributed by atoms with van der Waals surface area (Å²) >= 11 is 0. The van der Waals surface area contributed by atoms with Gasteiger partial charge in [-0.3, -0.25) is 9.59 Å². The molecule has 0 bridgehead atoms. The Hall–Kier alpha value is -2.86. The molecule has 0 spiro atoms. The number of hydrogen-bond donors (Lipinski definition) is 2. The molecule has 158 valence electrons. The van der Waals surface area contributed by atoms with Crippen LogP contribution < -0.4 is 16.0 Å². The molecule has 6 nitrogen and oxygen atoms in total. The van der Waals surface area contributed by atoms with E-state index < -0.39 is 0 Å². The summed E-state index contributed by atoms with van der Waals surface area (Å²) < 4.78 is 0. The third-order valence-corrected chi connectivity index (χ3v) is 6.07. The number of carbonyl (C=O) groups excluding carboxylic acids is 2. The van der Waals surface area contributed by atoms with E-state index in [4.69, 9.17) is 5.73 Å². The average Bonchev–Trinajstić information content (AvgIpc) is 3.34. The number of carbonyl (C=O) groups is 2. The number of amides is 2. The Balaban J connectivity index is 1.45. The molecule has 1 aliphatic heterocycles. The van der Waals surface area contributed by atoms with Crippen LogP contribution in [0.3, 0.4) is 0 Å². The highest BCUT2D eigenvalue weighted by Crippen LogP contribution is 2.30. The number of aryl methyl sites for hydroxylation is 2. The summed E-state index contributed by atoms with van der Waals surface area (Å²) in [5, 5.41) is 3.17. The van der Waals surface area contributed by atoms with Gasteiger partial charge in [-0.05, 0) is 55.0 Å². The molecule has 1 saturated heterocycles. The van der Waals surface area contributed by atoms with E-state index in [1.54, 1.807) is 4.90 Å². The normalized spacial score (nSPS) is 20.1. The van der Waals surface area contributed by atoms with Gasteiger partial charge in [0, 0.05) is 24.8 Å². The van der Waals surface area contributed by atoms with Crippen molar-refractivity contribution in [1.82, 2.24) is 10.2 Å². The summed E-state index contributed by atoms with van der Waals surface area (Å²) in [6.07, 6.45) is 2.73. The van der Waals surface area contributed by atoms with E-state index in [0.29, 0.717) is 13.1 Å². The van der Waals surface area contributed by atoms with Crippen LogP contribution in [0.2, 0.25) is 0 Å². The van der Waals surface area contributed by atoms with E-state index in [1.165, 1.54) is 11.1 Å². The molecular weight excluding hydrogens is 376 g/mol. The number of fused-ring (bicyclic) bond motifs is 1. The van der Waals surface area contributed by atoms with Crippen LogP contribution in [0.4, 0.5) is 5.69 Å². The zero-order valence-corrected chi connectivity index (χ0v) is 17.5. The molecular formula is C24H30N4O2. The molecule has 1 fully saturated rings. The van der Waals surface area contributed by atoms with E-state index in [1.807, 2.05) is 48.2 Å². The first-order valence-electron chi connectivity index (χ1n) is 10.7. The highest BCUT2D eigenvalue weighted by atomic mass is 16.2. The Morgan fingerprint density at radius 3 is 2.73 bits per heavy atom. The van der Waals surface area contributed by atoms with Crippen LogP contribution in [-0.4, -0.2) is 48.9 Å². The van der Waals surface area contributed by atoms with E-state index >= 15 is 0 Å². The van der Waals surface area contributed by atoms with Gasteiger partial charge >= 0.3 is 0 Å². The molecule has 1 heterocycles. The Bertz CT molecular complexity index is 929. The largest absolute Gasteiger partial charge is 0.353 e. The molecule has 2 aliphatic rings. The predicted molar refractivity (Wildman–Crippen MR) is 118 cm³/mol. The van der Waals surface area contributed by atoms with Crippen molar-refractivity contribution < 1.29 is 9.59 Å². The van der Waals surface area contributed by atoms with Crippen molar-refractivity contribution in [2.75, 3.05) is 31.1 Å². The van der Waals surface area contributed by atoms with E-state index in [9.17, 15) is 9.59 Å². The van der Waals surface area contributed by atoms with Crippen molar-refractivity contribution in [1.29, 1.82) is 0 Å². The third-order valence-electron chi connectivity index (χ3n) is 6.07. The van der Waals surface area contributed by atoms with Crippen LogP contribution >= 0.6 is 0 Å². The fraction of sp³-hybridized carbons (Fsp3) is 0.417. The van der Waals surface area contributed by atoms with Gasteiger partial charge in [-0.15, -0.1) is 0 Å². The minimum atomic E-state index is -0.0656. The minimum Gasteiger partial charge on any atom is -0.353 e. The van der Waals surface area contributed by atoms with Crippen LogP contribution in [0.15, 0.2) is 48.5 Å². The van der Waals surface area contributed by atoms with Crippen molar-refractivity contribution in [2.45, 2.75) is 38.3 Å². The van der Waals surface area contributed by atoms with Crippen LogP contribution in [0.1, 0.15) is 35.6 Å². The summed E-state index contributed by atoms with van der Waals surface area (Å²) in [6, 6.07) is 16.3. The lowest BCUT2D eigenvalue weighted by Crippen LogP contribution is -2.45. The van der Waals surface area contributed by atoms with E-state index in [-0.39, 0.29) is 37.0 Å². The molecule has 0 saturated carbocycles. The molecule has 1 aliphatic carbocycles. The van der Waals surface area contributed by atoms with Gasteiger partial charge in [-0.2, -0.15) is 0 Å². The monoisotopic (exact) mass is 406 g/mol. The number of anilines is 1. The molecule has 2 aromatic rings. The fourth-order valence-corrected chi connectivity index (χ4v) is 4.46. The first kappa shape index (κ1) is 20.4. The summed E-state index contributed by atoms with van der Waals surface area (Å²) in [5.74, 6) is -0.0485. The molecule has 4 rings (SSSR count). The first-order chi connectivity index (χ1) is 14.5. The molecule has 0 radical (unpaired) electrons. The topological polar surface area (TPSA) is 78.7 Å². The zero-order chi connectivity index (χ0) is 21.1. The van der Waals surface area contributed by atoms with Crippen molar-refractivity contribution in [3.63, 3.8) is 0 Å². The molecule has 3 N–H and O–H groups in total. The number of likely N-dealkylation sites (tertiary alicyclic amines) is 1. The van der Waals surface area contributed by atoms with E-state index in [2.05, 4.69) is 17.4 Å². The maximum absolute atomic E-state index is 12.9. The Labute approximate surface area is 178 Å². The minimum absolute atomic E-state index is 0.0171. The number of rotatable bonds is 6. The molecule has 0 aromatic heterocycles. The standard InChI is InChI=1S/C24H30N4O2/c1-17-5-4-7-20(13-17)28(16-24(30)27-12-11-19(25)14-27)15-23(29)26-22-10-9-18-6-2-3-8-21(18)22/h2-8,13,19,22H,9-12,14-16,25H2,1H3,(H,26,29). The summed E-state index contributed by atoms with van der Waals surface area (Å²) in [7, 11) is 0. The number of hydrogen-bond acceptors (Lipinski definition) is 4. The van der Waals surface area contributed by atoms with Gasteiger partial charge in [0.15, 0.2) is 0 Å². The molecule has 2 atom stereocenters. The van der Waals surface area contributed by atoms with Crippen molar-refractivity contribution >= 4 is 17.5 Å². The van der Waals surface area contributed by atoms with Gasteiger partial charge in [0.2, 0.25) is 11.8 Å². The van der Waals surface area contributed by atoms with Crippen LogP contribution in [0.25, 0.3) is 0 Å². The molecule has 30 heavy (non-hydrogen) atoms. The second kappa shape index (κ2) is 8.88. The average molecular weight is 407 g/mol. The first-order valence-corrected chi connectivity index (χ1v) is 10.7. The second-order valence-corrected chi connectivity index (χ2v) is 8.44. The number of nitrogens with zero attached hydrogens (tertiary/aromatic N) is 2. The van der Waals surface area contributed by atoms with Crippen LogP contribution in [0, 0.1) is 6.92 Å². The molecule has 2 aromatic carbocycles. The van der Waals surface area contributed by atoms with Crippen molar-refractivity contribution in [3.05, 3.63) is 65.2 Å². The number of benzene rings is 2. The van der Waals surface area contributed by atoms with Gasteiger partial charge < -0.3 is 20.9 Å². The smallest absolute Gasteiger partial charge is 0.242 e. The van der Waals surface area contributed by atoms with Gasteiger partial charge in [0.05, 0.1) is 19.1 Å². The number of nitrogens with two attached hydrogens (primary N) is 1.